The van der Waals surface area contributed by atoms with Crippen molar-refractivity contribution in [2.75, 3.05) is 6.61 Å². The van der Waals surface area contributed by atoms with Crippen LogP contribution in [-0.2, 0) is 0 Å². The van der Waals surface area contributed by atoms with Gasteiger partial charge in [0.2, 0.25) is 0 Å². The normalized spacial score (nSPS) is 15.0. The highest BCUT2D eigenvalue weighted by molar-refractivity contribution is 5.26. The summed E-state index contributed by atoms with van der Waals surface area (Å²) in [6.07, 6.45) is -0.406. The van der Waals surface area contributed by atoms with Gasteiger partial charge in [-0.15, -0.1) is 0 Å². The van der Waals surface area contributed by atoms with E-state index in [0.717, 1.165) is 5.56 Å². The Kier molecular flexibility index (Phi) is 4.24. The highest BCUT2D eigenvalue weighted by Gasteiger charge is 2.14. The molecule has 1 rings (SSSR count). The summed E-state index contributed by atoms with van der Waals surface area (Å²) >= 11 is 0. The standard InChI is InChI=1S/C12H17FO2/c1-8-3-4-11(12(13)5-8)9(2)6-10(15)7-14/h3-5,9-10,14-15H,6-7H2,1-2H3. The molecule has 0 aromatic heterocycles. The fourth-order valence-corrected chi connectivity index (χ4v) is 1.64. The number of benzene rings is 1. The lowest BCUT2D eigenvalue weighted by Crippen LogP contribution is -2.15. The lowest BCUT2D eigenvalue weighted by Gasteiger charge is -2.16. The van der Waals surface area contributed by atoms with Gasteiger partial charge in [-0.1, -0.05) is 19.1 Å². The van der Waals surface area contributed by atoms with Crippen LogP contribution in [0.2, 0.25) is 0 Å². The van der Waals surface area contributed by atoms with Crippen LogP contribution in [-0.4, -0.2) is 22.9 Å². The maximum absolute atomic E-state index is 13.5. The van der Waals surface area contributed by atoms with Gasteiger partial charge in [-0.25, -0.2) is 4.39 Å². The van der Waals surface area contributed by atoms with Gasteiger partial charge in [-0.2, -0.15) is 0 Å². The molecule has 84 valence electrons. The third kappa shape index (κ3) is 3.29. The summed E-state index contributed by atoms with van der Waals surface area (Å²) < 4.78 is 13.5. The topological polar surface area (TPSA) is 40.5 Å². The van der Waals surface area contributed by atoms with E-state index in [-0.39, 0.29) is 18.3 Å². The first-order chi connectivity index (χ1) is 7.04. The van der Waals surface area contributed by atoms with Crippen LogP contribution in [0.15, 0.2) is 18.2 Å². The van der Waals surface area contributed by atoms with Crippen LogP contribution in [0.25, 0.3) is 0 Å². The van der Waals surface area contributed by atoms with Crippen molar-refractivity contribution < 1.29 is 14.6 Å². The third-order valence-electron chi connectivity index (χ3n) is 2.52. The second-order valence-corrected chi connectivity index (χ2v) is 4.00. The van der Waals surface area contributed by atoms with Crippen LogP contribution in [0.4, 0.5) is 4.39 Å². The molecule has 0 aliphatic heterocycles. The number of hydrogen-bond donors (Lipinski definition) is 2. The van der Waals surface area contributed by atoms with E-state index in [0.29, 0.717) is 12.0 Å². The van der Waals surface area contributed by atoms with Crippen molar-refractivity contribution in [1.82, 2.24) is 0 Å². The van der Waals surface area contributed by atoms with Crippen LogP contribution >= 0.6 is 0 Å². The minimum atomic E-state index is -0.777. The molecule has 2 nitrogen and oxygen atoms in total. The first-order valence-corrected chi connectivity index (χ1v) is 5.09. The maximum Gasteiger partial charge on any atom is 0.126 e. The van der Waals surface area contributed by atoms with Crippen LogP contribution in [0.3, 0.4) is 0 Å². The summed E-state index contributed by atoms with van der Waals surface area (Å²) in [5, 5.41) is 18.0. The SMILES string of the molecule is Cc1ccc(C(C)CC(O)CO)c(F)c1. The van der Waals surface area contributed by atoms with Crippen molar-refractivity contribution in [1.29, 1.82) is 0 Å². The first-order valence-electron chi connectivity index (χ1n) is 5.09. The van der Waals surface area contributed by atoms with E-state index in [9.17, 15) is 9.50 Å². The summed E-state index contributed by atoms with van der Waals surface area (Å²) in [4.78, 5) is 0. The summed E-state index contributed by atoms with van der Waals surface area (Å²) in [6, 6.07) is 5.07. The summed E-state index contributed by atoms with van der Waals surface area (Å²) in [5.74, 6) is -0.333. The van der Waals surface area contributed by atoms with Crippen molar-refractivity contribution in [3.05, 3.63) is 35.1 Å². The van der Waals surface area contributed by atoms with Crippen LogP contribution in [0.5, 0.6) is 0 Å². The number of rotatable bonds is 4. The Morgan fingerprint density at radius 2 is 2.07 bits per heavy atom. The monoisotopic (exact) mass is 212 g/mol. The van der Waals surface area contributed by atoms with E-state index in [4.69, 9.17) is 5.11 Å². The number of halogens is 1. The fourth-order valence-electron chi connectivity index (χ4n) is 1.64. The molecule has 0 aliphatic carbocycles. The molecule has 0 saturated carbocycles. The molecule has 2 unspecified atom stereocenters. The molecule has 0 fully saturated rings. The average molecular weight is 212 g/mol. The summed E-state index contributed by atoms with van der Waals surface area (Å²) in [5.41, 5.74) is 1.47. The van der Waals surface area contributed by atoms with Gasteiger partial charge in [0.05, 0.1) is 12.7 Å². The molecule has 2 N–H and O–H groups in total. The van der Waals surface area contributed by atoms with E-state index in [1.54, 1.807) is 6.07 Å². The molecule has 0 bridgehead atoms. The van der Waals surface area contributed by atoms with E-state index in [1.807, 2.05) is 19.9 Å². The molecule has 3 heteroatoms. The predicted octanol–water partition coefficient (Wildman–Crippen LogP) is 1.98. The highest BCUT2D eigenvalue weighted by Crippen LogP contribution is 2.24. The van der Waals surface area contributed by atoms with Gasteiger partial charge in [0, 0.05) is 0 Å². The summed E-state index contributed by atoms with van der Waals surface area (Å²) in [7, 11) is 0. The molecule has 1 aromatic rings. The highest BCUT2D eigenvalue weighted by atomic mass is 19.1. The molecule has 0 heterocycles. The Hall–Kier alpha value is -0.930. The third-order valence-corrected chi connectivity index (χ3v) is 2.52. The molecule has 0 saturated heterocycles. The molecular weight excluding hydrogens is 195 g/mol. The van der Waals surface area contributed by atoms with Gasteiger partial charge in [-0.05, 0) is 36.5 Å². The zero-order valence-corrected chi connectivity index (χ0v) is 9.07. The lowest BCUT2D eigenvalue weighted by atomic mass is 9.94. The van der Waals surface area contributed by atoms with Crippen LogP contribution < -0.4 is 0 Å². The molecule has 0 spiro atoms. The number of hydrogen-bond acceptors (Lipinski definition) is 2. The van der Waals surface area contributed by atoms with Crippen molar-refractivity contribution >= 4 is 0 Å². The molecule has 0 amide bonds. The Morgan fingerprint density at radius 1 is 1.40 bits per heavy atom. The number of aryl methyl sites for hydroxylation is 1. The Morgan fingerprint density at radius 3 is 2.60 bits per heavy atom. The largest absolute Gasteiger partial charge is 0.394 e. The van der Waals surface area contributed by atoms with Gasteiger partial charge in [0.25, 0.3) is 0 Å². The van der Waals surface area contributed by atoms with E-state index in [2.05, 4.69) is 0 Å². The smallest absolute Gasteiger partial charge is 0.126 e. The van der Waals surface area contributed by atoms with E-state index < -0.39 is 6.10 Å². The molecular formula is C12H17FO2. The zero-order chi connectivity index (χ0) is 11.4. The average Bonchev–Trinajstić information content (AvgIpc) is 2.17. The Labute approximate surface area is 89.4 Å². The number of aliphatic hydroxyl groups excluding tert-OH is 2. The van der Waals surface area contributed by atoms with Crippen molar-refractivity contribution in [3.63, 3.8) is 0 Å². The maximum atomic E-state index is 13.5. The zero-order valence-electron chi connectivity index (χ0n) is 9.07. The lowest BCUT2D eigenvalue weighted by molar-refractivity contribution is 0.0832. The van der Waals surface area contributed by atoms with Gasteiger partial charge >= 0.3 is 0 Å². The van der Waals surface area contributed by atoms with Gasteiger partial charge in [-0.3, -0.25) is 0 Å². The molecule has 0 aliphatic rings. The predicted molar refractivity (Wildman–Crippen MR) is 57.3 cm³/mol. The molecule has 15 heavy (non-hydrogen) atoms. The van der Waals surface area contributed by atoms with Gasteiger partial charge < -0.3 is 10.2 Å². The van der Waals surface area contributed by atoms with Crippen molar-refractivity contribution in [2.45, 2.75) is 32.3 Å². The fraction of sp³-hybridized carbons (Fsp3) is 0.500. The van der Waals surface area contributed by atoms with Crippen molar-refractivity contribution in [3.8, 4) is 0 Å². The van der Waals surface area contributed by atoms with E-state index in [1.165, 1.54) is 6.07 Å². The quantitative estimate of drug-likeness (QED) is 0.801. The molecule has 2 atom stereocenters. The second-order valence-electron chi connectivity index (χ2n) is 4.00. The Balaban J connectivity index is 2.77. The minimum absolute atomic E-state index is 0.0900. The Bertz CT molecular complexity index is 325. The van der Waals surface area contributed by atoms with Gasteiger partial charge in [0.15, 0.2) is 0 Å². The van der Waals surface area contributed by atoms with Crippen LogP contribution in [0, 0.1) is 12.7 Å². The molecule has 1 aromatic carbocycles. The van der Waals surface area contributed by atoms with Crippen LogP contribution in [0.1, 0.15) is 30.4 Å². The summed E-state index contributed by atoms with van der Waals surface area (Å²) in [6.45, 7) is 3.39. The number of aliphatic hydroxyl groups is 2. The first kappa shape index (κ1) is 12.1. The second kappa shape index (κ2) is 5.24. The van der Waals surface area contributed by atoms with Gasteiger partial charge in [0.1, 0.15) is 5.82 Å². The van der Waals surface area contributed by atoms with Crippen molar-refractivity contribution in [2.24, 2.45) is 0 Å². The minimum Gasteiger partial charge on any atom is -0.394 e. The van der Waals surface area contributed by atoms with E-state index >= 15 is 0 Å². The molecule has 0 radical (unpaired) electrons.